The molecule has 0 atom stereocenters. The Hall–Kier alpha value is -0.0800. The summed E-state index contributed by atoms with van der Waals surface area (Å²) < 4.78 is 0. The highest BCUT2D eigenvalue weighted by Crippen LogP contribution is 2.24. The first-order valence-corrected chi connectivity index (χ1v) is 6.51. The van der Waals surface area contributed by atoms with E-state index in [1.54, 1.807) is 0 Å². The molecule has 0 aromatic carbocycles. The second-order valence-electron chi connectivity index (χ2n) is 4.50. The van der Waals surface area contributed by atoms with Crippen LogP contribution in [-0.4, -0.2) is 49.6 Å². The molecule has 0 amide bonds. The van der Waals surface area contributed by atoms with Gasteiger partial charge >= 0.3 is 0 Å². The number of hydrogen-bond acceptors (Lipinski definition) is 2. The lowest BCUT2D eigenvalue weighted by molar-refractivity contribution is 0.142. The zero-order valence-corrected chi connectivity index (χ0v) is 11.6. The van der Waals surface area contributed by atoms with Gasteiger partial charge in [-0.05, 0) is 53.4 Å². The van der Waals surface area contributed by atoms with Crippen molar-refractivity contribution in [3.8, 4) is 0 Å². The van der Waals surface area contributed by atoms with Crippen LogP contribution in [0.1, 0.15) is 46.5 Å². The van der Waals surface area contributed by atoms with Crippen molar-refractivity contribution in [3.63, 3.8) is 0 Å². The smallest absolute Gasteiger partial charge is 0.00932 e. The van der Waals surface area contributed by atoms with Crippen LogP contribution >= 0.6 is 0 Å². The quantitative estimate of drug-likeness (QED) is 0.713. The third-order valence-electron chi connectivity index (χ3n) is 3.52. The van der Waals surface area contributed by atoms with Gasteiger partial charge in [-0.1, -0.05) is 20.8 Å². The molecule has 92 valence electrons. The van der Waals surface area contributed by atoms with Crippen LogP contribution in [0.15, 0.2) is 0 Å². The Morgan fingerprint density at radius 3 is 1.60 bits per heavy atom. The van der Waals surface area contributed by atoms with Gasteiger partial charge in [-0.3, -0.25) is 0 Å². The fourth-order valence-electron chi connectivity index (χ4n) is 2.27. The summed E-state index contributed by atoms with van der Waals surface area (Å²) in [5, 5.41) is 0. The summed E-state index contributed by atoms with van der Waals surface area (Å²) in [5.41, 5.74) is 0. The summed E-state index contributed by atoms with van der Waals surface area (Å²) in [6, 6.07) is 1.68. The average Bonchev–Trinajstić information content (AvgIpc) is 2.31. The van der Waals surface area contributed by atoms with Crippen LogP contribution in [0.25, 0.3) is 0 Å². The predicted octanol–water partition coefficient (Wildman–Crippen LogP) is 2.84. The highest BCUT2D eigenvalue weighted by molar-refractivity contribution is 4.81. The van der Waals surface area contributed by atoms with E-state index in [0.29, 0.717) is 0 Å². The maximum Gasteiger partial charge on any atom is 0.00932 e. The molecule has 0 aromatic heterocycles. The van der Waals surface area contributed by atoms with Gasteiger partial charge in [0.05, 0.1) is 0 Å². The Labute approximate surface area is 96.6 Å². The summed E-state index contributed by atoms with van der Waals surface area (Å²) in [4.78, 5) is 4.87. The van der Waals surface area contributed by atoms with Crippen LogP contribution in [0.3, 0.4) is 0 Å². The molecule has 0 aromatic rings. The monoisotopic (exact) mass is 214 g/mol. The first-order valence-electron chi connectivity index (χ1n) is 6.51. The second-order valence-corrected chi connectivity index (χ2v) is 4.50. The minimum absolute atomic E-state index is 0.835. The van der Waals surface area contributed by atoms with E-state index in [4.69, 9.17) is 0 Å². The molecule has 0 N–H and O–H groups in total. The largest absolute Gasteiger partial charge is 0.306 e. The van der Waals surface area contributed by atoms with Gasteiger partial charge in [-0.25, -0.2) is 0 Å². The first-order chi connectivity index (χ1) is 7.15. The van der Waals surface area contributed by atoms with Crippen molar-refractivity contribution in [2.45, 2.75) is 58.5 Å². The summed E-state index contributed by atoms with van der Waals surface area (Å²) in [7, 11) is 6.66. The van der Waals surface area contributed by atoms with Gasteiger partial charge in [-0.15, -0.1) is 0 Å². The molecular formula is C13H30N2. The van der Waals surface area contributed by atoms with E-state index in [0.717, 1.165) is 12.1 Å². The van der Waals surface area contributed by atoms with E-state index in [-0.39, 0.29) is 0 Å². The van der Waals surface area contributed by atoms with Crippen LogP contribution in [-0.2, 0) is 0 Å². The zero-order chi connectivity index (χ0) is 11.8. The summed E-state index contributed by atoms with van der Waals surface area (Å²) >= 11 is 0. The van der Waals surface area contributed by atoms with Crippen LogP contribution in [0.4, 0.5) is 0 Å². The van der Waals surface area contributed by atoms with Crippen LogP contribution < -0.4 is 0 Å². The highest BCUT2D eigenvalue weighted by Gasteiger charge is 2.23. The molecule has 0 spiro atoms. The first kappa shape index (κ1) is 14.9. The molecule has 0 radical (unpaired) electrons. The molecule has 0 bridgehead atoms. The van der Waals surface area contributed by atoms with Gasteiger partial charge in [0.15, 0.2) is 0 Å². The summed E-state index contributed by atoms with van der Waals surface area (Å²) in [6.07, 6.45) is 5.52. The van der Waals surface area contributed by atoms with Gasteiger partial charge in [0, 0.05) is 12.1 Å². The summed E-state index contributed by atoms with van der Waals surface area (Å²) in [6.45, 7) is 7.44. The fraction of sp³-hybridized carbons (Fsp3) is 1.00. The molecule has 0 saturated heterocycles. The van der Waals surface area contributed by atoms with Crippen molar-refractivity contribution in [1.82, 2.24) is 9.80 Å². The van der Waals surface area contributed by atoms with E-state index in [2.05, 4.69) is 37.9 Å². The Balaban J connectivity index is 0.000000921. The Morgan fingerprint density at radius 1 is 0.867 bits per heavy atom. The van der Waals surface area contributed by atoms with Crippen molar-refractivity contribution < 1.29 is 0 Å². The molecule has 2 nitrogen and oxygen atoms in total. The lowest BCUT2D eigenvalue weighted by Gasteiger charge is -2.36. The number of rotatable bonds is 3. The third kappa shape index (κ3) is 4.98. The number of hydrogen-bond donors (Lipinski definition) is 0. The van der Waals surface area contributed by atoms with Gasteiger partial charge in [0.2, 0.25) is 0 Å². The predicted molar refractivity (Wildman–Crippen MR) is 69.4 cm³/mol. The van der Waals surface area contributed by atoms with E-state index in [1.807, 2.05) is 13.8 Å². The molecule has 1 fully saturated rings. The Kier molecular flexibility index (Phi) is 8.07. The Bertz CT molecular complexity index is 137. The van der Waals surface area contributed by atoms with Crippen molar-refractivity contribution in [3.05, 3.63) is 0 Å². The summed E-state index contributed by atoms with van der Waals surface area (Å²) in [5.74, 6) is 0. The van der Waals surface area contributed by atoms with Crippen molar-refractivity contribution in [1.29, 1.82) is 0 Å². The second kappa shape index (κ2) is 8.12. The maximum absolute atomic E-state index is 2.49. The minimum Gasteiger partial charge on any atom is -0.306 e. The molecule has 15 heavy (non-hydrogen) atoms. The molecule has 0 heterocycles. The standard InChI is InChI=1S/C11H24N2.C2H6/c1-5-13(4)11-8-6-10(7-9-11)12(2)3;1-2/h10-11H,5-9H2,1-4H3;1-2H3. The molecule has 1 aliphatic carbocycles. The third-order valence-corrected chi connectivity index (χ3v) is 3.52. The molecule has 0 unspecified atom stereocenters. The van der Waals surface area contributed by atoms with Gasteiger partial charge in [0.25, 0.3) is 0 Å². The van der Waals surface area contributed by atoms with E-state index in [9.17, 15) is 0 Å². The SMILES string of the molecule is CC.CCN(C)C1CCC(N(C)C)CC1. The normalized spacial score (nSPS) is 26.4. The van der Waals surface area contributed by atoms with Crippen molar-refractivity contribution in [2.24, 2.45) is 0 Å². The van der Waals surface area contributed by atoms with Crippen molar-refractivity contribution in [2.75, 3.05) is 27.7 Å². The van der Waals surface area contributed by atoms with E-state index >= 15 is 0 Å². The minimum atomic E-state index is 0.835. The fourth-order valence-corrected chi connectivity index (χ4v) is 2.27. The zero-order valence-electron chi connectivity index (χ0n) is 11.6. The topological polar surface area (TPSA) is 6.48 Å². The molecular weight excluding hydrogens is 184 g/mol. The molecule has 1 saturated carbocycles. The lowest BCUT2D eigenvalue weighted by Crippen LogP contribution is -2.40. The van der Waals surface area contributed by atoms with E-state index < -0.39 is 0 Å². The van der Waals surface area contributed by atoms with Crippen LogP contribution in [0.5, 0.6) is 0 Å². The molecule has 1 aliphatic rings. The van der Waals surface area contributed by atoms with Crippen LogP contribution in [0, 0.1) is 0 Å². The molecule has 2 heteroatoms. The van der Waals surface area contributed by atoms with E-state index in [1.165, 1.54) is 32.2 Å². The van der Waals surface area contributed by atoms with Gasteiger partial charge < -0.3 is 9.80 Å². The molecule has 0 aliphatic heterocycles. The Morgan fingerprint density at radius 2 is 1.27 bits per heavy atom. The molecule has 1 rings (SSSR count). The number of nitrogens with zero attached hydrogens (tertiary/aromatic N) is 2. The van der Waals surface area contributed by atoms with Crippen molar-refractivity contribution >= 4 is 0 Å². The average molecular weight is 214 g/mol. The highest BCUT2D eigenvalue weighted by atomic mass is 15.1. The lowest BCUT2D eigenvalue weighted by atomic mass is 9.90. The van der Waals surface area contributed by atoms with Gasteiger partial charge in [0.1, 0.15) is 0 Å². The maximum atomic E-state index is 2.49. The van der Waals surface area contributed by atoms with Crippen LogP contribution in [0.2, 0.25) is 0 Å². The van der Waals surface area contributed by atoms with Gasteiger partial charge in [-0.2, -0.15) is 0 Å².